The third kappa shape index (κ3) is 4.49. The van der Waals surface area contributed by atoms with Crippen molar-refractivity contribution in [3.8, 4) is 11.4 Å². The van der Waals surface area contributed by atoms with Gasteiger partial charge in [0.05, 0.1) is 11.1 Å². The molecule has 0 aliphatic rings. The van der Waals surface area contributed by atoms with Crippen molar-refractivity contribution in [2.24, 2.45) is 0 Å². The summed E-state index contributed by atoms with van der Waals surface area (Å²) in [5, 5.41) is 4.98. The fourth-order valence-corrected chi connectivity index (χ4v) is 3.18. The van der Waals surface area contributed by atoms with Gasteiger partial charge in [-0.2, -0.15) is 9.78 Å². The Morgan fingerprint density at radius 3 is 2.38 bits per heavy atom. The Morgan fingerprint density at radius 2 is 1.62 bits per heavy atom. The standard InChI is InChI=1S/C24H20N4O4/c1-16-8-7-11-18(14-16)32-15-21(29)25-26-23(30)22-19-12-5-6-13-20(19)24(31)28(27-22)17-9-3-2-4-10-17/h2-14H,15H2,1H3,(H,25,29)(H,26,30). The Balaban J connectivity index is 1.53. The van der Waals surface area contributed by atoms with Crippen LogP contribution in [0, 0.1) is 6.92 Å². The third-order valence-electron chi connectivity index (χ3n) is 4.70. The van der Waals surface area contributed by atoms with E-state index < -0.39 is 11.8 Å². The number of hydrazine groups is 1. The van der Waals surface area contributed by atoms with Gasteiger partial charge in [-0.05, 0) is 42.8 Å². The maximum Gasteiger partial charge on any atom is 0.290 e. The molecule has 0 aliphatic heterocycles. The first-order chi connectivity index (χ1) is 15.5. The fourth-order valence-electron chi connectivity index (χ4n) is 3.18. The summed E-state index contributed by atoms with van der Waals surface area (Å²) >= 11 is 0. The highest BCUT2D eigenvalue weighted by atomic mass is 16.5. The van der Waals surface area contributed by atoms with Gasteiger partial charge >= 0.3 is 0 Å². The molecule has 0 saturated heterocycles. The van der Waals surface area contributed by atoms with Crippen LogP contribution >= 0.6 is 0 Å². The second-order valence-corrected chi connectivity index (χ2v) is 7.05. The summed E-state index contributed by atoms with van der Waals surface area (Å²) in [4.78, 5) is 37.8. The number of nitrogens with one attached hydrogen (secondary N) is 2. The molecule has 8 heteroatoms. The van der Waals surface area contributed by atoms with E-state index in [1.807, 2.05) is 25.1 Å². The lowest BCUT2D eigenvalue weighted by atomic mass is 10.1. The molecule has 4 rings (SSSR count). The normalized spacial score (nSPS) is 10.5. The summed E-state index contributed by atoms with van der Waals surface area (Å²) in [7, 11) is 0. The summed E-state index contributed by atoms with van der Waals surface area (Å²) in [6, 6.07) is 22.8. The highest BCUT2D eigenvalue weighted by Gasteiger charge is 2.18. The van der Waals surface area contributed by atoms with Crippen molar-refractivity contribution in [1.29, 1.82) is 0 Å². The first-order valence-corrected chi connectivity index (χ1v) is 9.89. The van der Waals surface area contributed by atoms with Crippen LogP contribution in [0.1, 0.15) is 16.1 Å². The van der Waals surface area contributed by atoms with Crippen molar-refractivity contribution in [3.63, 3.8) is 0 Å². The molecular formula is C24H20N4O4. The molecule has 0 bridgehead atoms. The Hall–Kier alpha value is -4.46. The number of fused-ring (bicyclic) bond motifs is 1. The van der Waals surface area contributed by atoms with Gasteiger partial charge in [0.15, 0.2) is 12.3 Å². The lowest BCUT2D eigenvalue weighted by Gasteiger charge is -2.12. The van der Waals surface area contributed by atoms with Crippen molar-refractivity contribution in [3.05, 3.63) is 100 Å². The molecule has 2 amide bonds. The molecule has 0 spiro atoms. The molecule has 0 aliphatic carbocycles. The van der Waals surface area contributed by atoms with E-state index in [2.05, 4.69) is 16.0 Å². The molecule has 160 valence electrons. The number of aryl methyl sites for hydroxylation is 1. The SMILES string of the molecule is Cc1cccc(OCC(=O)NNC(=O)c2nn(-c3ccccc3)c(=O)c3ccccc23)c1. The molecule has 0 radical (unpaired) electrons. The summed E-state index contributed by atoms with van der Waals surface area (Å²) in [5.74, 6) is -0.649. The largest absolute Gasteiger partial charge is 0.484 e. The zero-order chi connectivity index (χ0) is 22.5. The van der Waals surface area contributed by atoms with Crippen LogP contribution in [0.4, 0.5) is 0 Å². The molecule has 0 saturated carbocycles. The number of para-hydroxylation sites is 1. The first-order valence-electron chi connectivity index (χ1n) is 9.89. The van der Waals surface area contributed by atoms with E-state index in [4.69, 9.17) is 4.74 Å². The summed E-state index contributed by atoms with van der Waals surface area (Å²) in [6.45, 7) is 1.64. The van der Waals surface area contributed by atoms with Gasteiger partial charge in [0, 0.05) is 5.39 Å². The van der Waals surface area contributed by atoms with E-state index in [1.165, 1.54) is 4.68 Å². The Labute approximate surface area is 183 Å². The maximum atomic E-state index is 12.9. The van der Waals surface area contributed by atoms with E-state index in [-0.39, 0.29) is 17.9 Å². The van der Waals surface area contributed by atoms with Crippen molar-refractivity contribution in [2.75, 3.05) is 6.61 Å². The Bertz CT molecular complexity index is 1350. The number of ether oxygens (including phenoxy) is 1. The average Bonchev–Trinajstić information content (AvgIpc) is 2.82. The van der Waals surface area contributed by atoms with Crippen molar-refractivity contribution >= 4 is 22.6 Å². The number of amides is 2. The minimum atomic E-state index is -0.658. The molecule has 8 nitrogen and oxygen atoms in total. The molecule has 1 heterocycles. The van der Waals surface area contributed by atoms with Crippen molar-refractivity contribution in [1.82, 2.24) is 20.6 Å². The van der Waals surface area contributed by atoms with Crippen LogP contribution in [0.15, 0.2) is 83.7 Å². The van der Waals surface area contributed by atoms with Crippen LogP contribution in [0.5, 0.6) is 5.75 Å². The van der Waals surface area contributed by atoms with Crippen molar-refractivity contribution in [2.45, 2.75) is 6.92 Å². The molecule has 0 fully saturated rings. The summed E-state index contributed by atoms with van der Waals surface area (Å²) in [6.07, 6.45) is 0. The summed E-state index contributed by atoms with van der Waals surface area (Å²) < 4.78 is 6.59. The number of aromatic nitrogens is 2. The predicted octanol–water partition coefficient (Wildman–Crippen LogP) is 2.53. The van der Waals surface area contributed by atoms with Crippen LogP contribution in [0.3, 0.4) is 0 Å². The highest BCUT2D eigenvalue weighted by Crippen LogP contribution is 2.15. The molecule has 0 unspecified atom stereocenters. The fraction of sp³-hybridized carbons (Fsp3) is 0.0833. The highest BCUT2D eigenvalue weighted by molar-refractivity contribution is 6.05. The van der Waals surface area contributed by atoms with Crippen LogP contribution in [-0.4, -0.2) is 28.2 Å². The second kappa shape index (κ2) is 9.13. The number of carbonyl (C=O) groups excluding carboxylic acids is 2. The van der Waals surface area contributed by atoms with Crippen LogP contribution in [0.2, 0.25) is 0 Å². The lowest BCUT2D eigenvalue weighted by molar-refractivity contribution is -0.123. The zero-order valence-electron chi connectivity index (χ0n) is 17.2. The van der Waals surface area contributed by atoms with Crippen LogP contribution in [0.25, 0.3) is 16.5 Å². The van der Waals surface area contributed by atoms with Gasteiger partial charge in [-0.15, -0.1) is 0 Å². The van der Waals surface area contributed by atoms with Crippen LogP contribution in [-0.2, 0) is 4.79 Å². The topological polar surface area (TPSA) is 102 Å². The number of nitrogens with zero attached hydrogens (tertiary/aromatic N) is 2. The minimum absolute atomic E-state index is 0.00366. The number of carbonyl (C=O) groups is 2. The molecule has 1 aromatic heterocycles. The maximum absolute atomic E-state index is 12.9. The predicted molar refractivity (Wildman–Crippen MR) is 120 cm³/mol. The van der Waals surface area contributed by atoms with Gasteiger partial charge in [-0.25, -0.2) is 0 Å². The van der Waals surface area contributed by atoms with Gasteiger partial charge in [-0.1, -0.05) is 48.5 Å². The van der Waals surface area contributed by atoms with E-state index in [0.717, 1.165) is 5.56 Å². The zero-order valence-corrected chi connectivity index (χ0v) is 17.2. The lowest BCUT2D eigenvalue weighted by Crippen LogP contribution is -2.44. The molecule has 32 heavy (non-hydrogen) atoms. The van der Waals surface area contributed by atoms with Crippen LogP contribution < -0.4 is 21.1 Å². The molecule has 4 aromatic rings. The van der Waals surface area contributed by atoms with Gasteiger partial charge in [-0.3, -0.25) is 25.2 Å². The van der Waals surface area contributed by atoms with E-state index >= 15 is 0 Å². The number of benzene rings is 3. The monoisotopic (exact) mass is 428 g/mol. The van der Waals surface area contributed by atoms with E-state index in [1.54, 1.807) is 60.7 Å². The average molecular weight is 428 g/mol. The molecule has 2 N–H and O–H groups in total. The second-order valence-electron chi connectivity index (χ2n) is 7.05. The van der Waals surface area contributed by atoms with Gasteiger partial charge in [0.25, 0.3) is 17.4 Å². The van der Waals surface area contributed by atoms with Gasteiger partial charge in [0.1, 0.15) is 5.75 Å². The summed E-state index contributed by atoms with van der Waals surface area (Å²) in [5.41, 5.74) is 5.83. The van der Waals surface area contributed by atoms with Crippen molar-refractivity contribution < 1.29 is 14.3 Å². The molecule has 0 atom stereocenters. The molecular weight excluding hydrogens is 408 g/mol. The minimum Gasteiger partial charge on any atom is -0.484 e. The Kier molecular flexibility index (Phi) is 5.94. The van der Waals surface area contributed by atoms with Gasteiger partial charge < -0.3 is 4.74 Å². The third-order valence-corrected chi connectivity index (χ3v) is 4.70. The number of hydrogen-bond donors (Lipinski definition) is 2. The van der Waals surface area contributed by atoms with E-state index in [0.29, 0.717) is 22.2 Å². The first kappa shape index (κ1) is 20.8. The van der Waals surface area contributed by atoms with Gasteiger partial charge in [0.2, 0.25) is 0 Å². The van der Waals surface area contributed by atoms with E-state index in [9.17, 15) is 14.4 Å². The quantitative estimate of drug-likeness (QED) is 0.476. The Morgan fingerprint density at radius 1 is 0.906 bits per heavy atom. The number of rotatable bonds is 5. The number of hydrogen-bond acceptors (Lipinski definition) is 5. The molecule has 3 aromatic carbocycles. The smallest absolute Gasteiger partial charge is 0.290 e.